The Morgan fingerprint density at radius 2 is 1.78 bits per heavy atom. The summed E-state index contributed by atoms with van der Waals surface area (Å²) in [7, 11) is 0. The summed E-state index contributed by atoms with van der Waals surface area (Å²) in [6.45, 7) is 1.41. The molecule has 0 amide bonds. The smallest absolute Gasteiger partial charge is 0.324 e. The number of aryl methyl sites for hydroxylation is 1. The third-order valence-electron chi connectivity index (χ3n) is 4.73. The zero-order chi connectivity index (χ0) is 18.7. The van der Waals surface area contributed by atoms with Crippen LogP contribution < -0.4 is 4.72 Å². The van der Waals surface area contributed by atoms with Gasteiger partial charge in [0, 0.05) is 24.4 Å². The van der Waals surface area contributed by atoms with Crippen LogP contribution in [0.5, 0.6) is 0 Å². The van der Waals surface area contributed by atoms with E-state index < -0.39 is 0 Å². The molecule has 144 valence electrons. The number of ether oxygens (including phenoxy) is 1. The number of hydrogen-bond acceptors (Lipinski definition) is 5. The number of benzene rings is 2. The SMILES string of the molecule is O=C(OCCCCc1ccccc1)[C@@H]1CCCCN1SNc1ccccc1. The summed E-state index contributed by atoms with van der Waals surface area (Å²) in [4.78, 5) is 12.5. The van der Waals surface area contributed by atoms with Crippen molar-refractivity contribution in [2.75, 3.05) is 17.9 Å². The Morgan fingerprint density at radius 3 is 2.56 bits per heavy atom. The standard InChI is InChI=1S/C22H28N2O2S/c25-22(26-18-10-8-13-19-11-3-1-4-12-19)21-16-7-9-17-24(21)27-23-20-14-5-2-6-15-20/h1-6,11-12,14-15,21,23H,7-10,13,16-18H2/t21-/m0/s1. The lowest BCUT2D eigenvalue weighted by molar-refractivity contribution is -0.149. The van der Waals surface area contributed by atoms with E-state index in [1.54, 1.807) is 0 Å². The predicted molar refractivity (Wildman–Crippen MR) is 112 cm³/mol. The maximum atomic E-state index is 12.5. The number of piperidine rings is 1. The number of carbonyl (C=O) groups is 1. The fourth-order valence-corrected chi connectivity index (χ4v) is 4.11. The van der Waals surface area contributed by atoms with Gasteiger partial charge in [-0.3, -0.25) is 4.79 Å². The monoisotopic (exact) mass is 384 g/mol. The minimum atomic E-state index is -0.158. The van der Waals surface area contributed by atoms with E-state index >= 15 is 0 Å². The first-order chi connectivity index (χ1) is 13.3. The topological polar surface area (TPSA) is 41.6 Å². The van der Waals surface area contributed by atoms with Crippen molar-refractivity contribution in [3.63, 3.8) is 0 Å². The second-order valence-corrected chi connectivity index (χ2v) is 7.68. The largest absolute Gasteiger partial charge is 0.464 e. The molecule has 0 unspecified atom stereocenters. The lowest BCUT2D eigenvalue weighted by Gasteiger charge is -2.32. The summed E-state index contributed by atoms with van der Waals surface area (Å²) >= 11 is 1.51. The van der Waals surface area contributed by atoms with Crippen molar-refractivity contribution < 1.29 is 9.53 Å². The average molecular weight is 385 g/mol. The van der Waals surface area contributed by atoms with Gasteiger partial charge in [-0.2, -0.15) is 0 Å². The van der Waals surface area contributed by atoms with Gasteiger partial charge in [-0.1, -0.05) is 48.5 Å². The summed E-state index contributed by atoms with van der Waals surface area (Å²) in [5.74, 6) is -0.0863. The Balaban J connectivity index is 1.38. The number of nitrogens with one attached hydrogen (secondary N) is 1. The number of hydrogen-bond donors (Lipinski definition) is 1. The summed E-state index contributed by atoms with van der Waals surface area (Å²) < 4.78 is 11.0. The van der Waals surface area contributed by atoms with Crippen molar-refractivity contribution in [2.45, 2.75) is 44.6 Å². The molecule has 0 aliphatic carbocycles. The minimum absolute atomic E-state index is 0.0863. The van der Waals surface area contributed by atoms with Gasteiger partial charge in [0.2, 0.25) is 0 Å². The van der Waals surface area contributed by atoms with E-state index in [1.807, 2.05) is 36.4 Å². The van der Waals surface area contributed by atoms with Crippen LogP contribution in [-0.2, 0) is 16.0 Å². The third-order valence-corrected chi connectivity index (χ3v) is 5.73. The maximum absolute atomic E-state index is 12.5. The highest BCUT2D eigenvalue weighted by Crippen LogP contribution is 2.26. The van der Waals surface area contributed by atoms with Gasteiger partial charge >= 0.3 is 5.97 Å². The highest BCUT2D eigenvalue weighted by Gasteiger charge is 2.30. The molecule has 1 atom stereocenters. The quantitative estimate of drug-likeness (QED) is 0.371. The molecule has 1 fully saturated rings. The van der Waals surface area contributed by atoms with Crippen LogP contribution in [-0.4, -0.2) is 29.5 Å². The number of rotatable bonds is 9. The Morgan fingerprint density at radius 1 is 1.04 bits per heavy atom. The van der Waals surface area contributed by atoms with Crippen LogP contribution >= 0.6 is 12.1 Å². The molecule has 1 heterocycles. The average Bonchev–Trinajstić information content (AvgIpc) is 2.73. The molecule has 5 heteroatoms. The van der Waals surface area contributed by atoms with Crippen molar-refractivity contribution in [3.8, 4) is 0 Å². The van der Waals surface area contributed by atoms with Gasteiger partial charge in [0.05, 0.1) is 6.61 Å². The number of esters is 1. The van der Waals surface area contributed by atoms with E-state index in [0.29, 0.717) is 6.61 Å². The minimum Gasteiger partial charge on any atom is -0.464 e. The molecule has 2 aromatic rings. The second-order valence-electron chi connectivity index (χ2n) is 6.82. The molecule has 1 N–H and O–H groups in total. The van der Waals surface area contributed by atoms with Crippen LogP contribution in [0.4, 0.5) is 5.69 Å². The molecular weight excluding hydrogens is 356 g/mol. The van der Waals surface area contributed by atoms with Crippen molar-refractivity contribution in [1.29, 1.82) is 0 Å². The molecule has 1 aliphatic heterocycles. The van der Waals surface area contributed by atoms with E-state index in [4.69, 9.17) is 4.74 Å². The highest BCUT2D eigenvalue weighted by atomic mass is 32.2. The Hall–Kier alpha value is -1.98. The summed E-state index contributed by atoms with van der Waals surface area (Å²) in [5, 5.41) is 0. The maximum Gasteiger partial charge on any atom is 0.324 e. The van der Waals surface area contributed by atoms with Crippen molar-refractivity contribution in [2.24, 2.45) is 0 Å². The van der Waals surface area contributed by atoms with Crippen LogP contribution in [0.1, 0.15) is 37.7 Å². The van der Waals surface area contributed by atoms with E-state index in [2.05, 4.69) is 33.3 Å². The van der Waals surface area contributed by atoms with Gasteiger partial charge in [-0.25, -0.2) is 4.31 Å². The number of carbonyl (C=O) groups excluding carboxylic acids is 1. The fourth-order valence-electron chi connectivity index (χ4n) is 3.21. The van der Waals surface area contributed by atoms with Crippen molar-refractivity contribution in [3.05, 3.63) is 66.2 Å². The normalized spacial score (nSPS) is 17.4. The molecule has 0 saturated carbocycles. The molecule has 1 aliphatic rings. The summed E-state index contributed by atoms with van der Waals surface area (Å²) in [6, 6.07) is 20.3. The molecule has 27 heavy (non-hydrogen) atoms. The van der Waals surface area contributed by atoms with E-state index in [0.717, 1.165) is 50.8 Å². The van der Waals surface area contributed by atoms with Gasteiger partial charge in [-0.05, 0) is 56.2 Å². The summed E-state index contributed by atoms with van der Waals surface area (Å²) in [6.07, 6.45) is 6.04. The third kappa shape index (κ3) is 6.60. The van der Waals surface area contributed by atoms with Gasteiger partial charge in [-0.15, -0.1) is 0 Å². The van der Waals surface area contributed by atoms with Crippen LogP contribution in [0, 0.1) is 0 Å². The Kier molecular flexibility index (Phi) is 8.05. The molecular formula is C22H28N2O2S. The second kappa shape index (κ2) is 11.0. The molecule has 4 nitrogen and oxygen atoms in total. The van der Waals surface area contributed by atoms with E-state index in [9.17, 15) is 4.79 Å². The number of anilines is 1. The van der Waals surface area contributed by atoms with E-state index in [1.165, 1.54) is 17.7 Å². The van der Waals surface area contributed by atoms with Crippen molar-refractivity contribution in [1.82, 2.24) is 4.31 Å². The van der Waals surface area contributed by atoms with Gasteiger partial charge in [0.1, 0.15) is 6.04 Å². The highest BCUT2D eigenvalue weighted by molar-refractivity contribution is 7.98. The van der Waals surface area contributed by atoms with Crippen LogP contribution in [0.15, 0.2) is 60.7 Å². The van der Waals surface area contributed by atoms with E-state index in [-0.39, 0.29) is 12.0 Å². The van der Waals surface area contributed by atoms with Crippen molar-refractivity contribution >= 4 is 23.8 Å². The number of para-hydroxylation sites is 1. The zero-order valence-corrected chi connectivity index (χ0v) is 16.5. The molecule has 0 bridgehead atoms. The number of nitrogens with zero attached hydrogens (tertiary/aromatic N) is 1. The number of unbranched alkanes of at least 4 members (excludes halogenated alkanes) is 1. The fraction of sp³-hybridized carbons (Fsp3) is 0.409. The van der Waals surface area contributed by atoms with Gasteiger partial charge in [0.15, 0.2) is 0 Å². The first kappa shape index (κ1) is 19.8. The van der Waals surface area contributed by atoms with Crippen LogP contribution in [0.3, 0.4) is 0 Å². The lowest BCUT2D eigenvalue weighted by Crippen LogP contribution is -2.42. The Labute approximate surface area is 166 Å². The molecule has 0 aromatic heterocycles. The molecule has 3 rings (SSSR count). The molecule has 1 saturated heterocycles. The first-order valence-corrected chi connectivity index (χ1v) is 10.6. The predicted octanol–water partition coefficient (Wildman–Crippen LogP) is 5.08. The zero-order valence-electron chi connectivity index (χ0n) is 15.7. The van der Waals surface area contributed by atoms with Crippen LogP contribution in [0.2, 0.25) is 0 Å². The summed E-state index contributed by atoms with van der Waals surface area (Å²) in [5.41, 5.74) is 2.38. The Bertz CT molecular complexity index is 681. The van der Waals surface area contributed by atoms with Gasteiger partial charge in [0.25, 0.3) is 0 Å². The molecule has 2 aromatic carbocycles. The van der Waals surface area contributed by atoms with Crippen LogP contribution in [0.25, 0.3) is 0 Å². The first-order valence-electron chi connectivity index (χ1n) is 9.78. The molecule has 0 spiro atoms. The lowest BCUT2D eigenvalue weighted by atomic mass is 10.1. The van der Waals surface area contributed by atoms with Gasteiger partial charge < -0.3 is 9.46 Å². The molecule has 0 radical (unpaired) electrons.